The van der Waals surface area contributed by atoms with Crippen molar-refractivity contribution in [2.24, 2.45) is 0 Å². The number of carbonyl (C=O) groups is 1. The van der Waals surface area contributed by atoms with Crippen molar-refractivity contribution >= 4 is 23.1 Å². The van der Waals surface area contributed by atoms with Gasteiger partial charge in [0.1, 0.15) is 17.6 Å². The molecule has 1 N–H and O–H groups in total. The normalized spacial score (nSPS) is 18.2. The molecule has 0 radical (unpaired) electrons. The van der Waals surface area contributed by atoms with Gasteiger partial charge in [0, 0.05) is 26.0 Å². The fourth-order valence-corrected chi connectivity index (χ4v) is 3.17. The van der Waals surface area contributed by atoms with Crippen molar-refractivity contribution in [2.45, 2.75) is 12.5 Å². The number of nitrogens with zero attached hydrogens (tertiary/aromatic N) is 3. The molecule has 0 aromatic carbocycles. The zero-order valence-electron chi connectivity index (χ0n) is 12.4. The fourth-order valence-electron chi connectivity index (χ4n) is 2.50. The Morgan fingerprint density at radius 3 is 3.14 bits per heavy atom. The molecule has 2 aromatic rings. The van der Waals surface area contributed by atoms with Crippen LogP contribution in [0.15, 0.2) is 29.2 Å². The first-order valence-corrected chi connectivity index (χ1v) is 8.11. The molecule has 116 valence electrons. The molecule has 1 aliphatic rings. The van der Waals surface area contributed by atoms with E-state index in [-0.39, 0.29) is 12.0 Å². The number of anilines is 1. The van der Waals surface area contributed by atoms with Gasteiger partial charge in [-0.05, 0) is 22.4 Å². The number of aromatic nitrogens is 2. The number of amides is 1. The lowest BCUT2D eigenvalue weighted by atomic mass is 10.1. The molecule has 22 heavy (non-hydrogen) atoms. The van der Waals surface area contributed by atoms with E-state index in [4.69, 9.17) is 4.74 Å². The van der Waals surface area contributed by atoms with Gasteiger partial charge in [-0.2, -0.15) is 11.3 Å². The minimum absolute atomic E-state index is 0.126. The van der Waals surface area contributed by atoms with Gasteiger partial charge in [-0.25, -0.2) is 4.98 Å². The quantitative estimate of drug-likeness (QED) is 0.930. The number of ether oxygens (including phenoxy) is 1. The summed E-state index contributed by atoms with van der Waals surface area (Å²) >= 11 is 1.61. The van der Waals surface area contributed by atoms with E-state index < -0.39 is 0 Å². The molecular weight excluding hydrogens is 300 g/mol. The van der Waals surface area contributed by atoms with Gasteiger partial charge < -0.3 is 15.0 Å². The third-order valence-electron chi connectivity index (χ3n) is 3.62. The van der Waals surface area contributed by atoms with Crippen LogP contribution in [0.2, 0.25) is 0 Å². The lowest BCUT2D eigenvalue weighted by molar-refractivity contribution is -0.138. The zero-order chi connectivity index (χ0) is 15.4. The first kappa shape index (κ1) is 14.9. The standard InChI is InChI=1S/C15H18N4O2S/c1-16-15-14(17-3-4-18-15)12-9-19(5-6-21-12)13(20)8-11-2-7-22-10-11/h2-4,7,10,12H,5-6,8-9H2,1H3,(H,16,18)/t12-/m0/s1. The van der Waals surface area contributed by atoms with Gasteiger partial charge in [0.2, 0.25) is 5.91 Å². The summed E-state index contributed by atoms with van der Waals surface area (Å²) < 4.78 is 5.79. The van der Waals surface area contributed by atoms with Crippen LogP contribution < -0.4 is 5.32 Å². The molecule has 3 heterocycles. The average molecular weight is 318 g/mol. The van der Waals surface area contributed by atoms with Crippen molar-refractivity contribution in [1.82, 2.24) is 14.9 Å². The van der Waals surface area contributed by atoms with Gasteiger partial charge in [-0.1, -0.05) is 0 Å². The Morgan fingerprint density at radius 2 is 2.36 bits per heavy atom. The van der Waals surface area contributed by atoms with Crippen molar-refractivity contribution < 1.29 is 9.53 Å². The number of rotatable bonds is 4. The molecule has 0 bridgehead atoms. The smallest absolute Gasteiger partial charge is 0.227 e. The molecule has 6 nitrogen and oxygen atoms in total. The van der Waals surface area contributed by atoms with E-state index in [1.807, 2.05) is 21.7 Å². The van der Waals surface area contributed by atoms with Crippen molar-refractivity contribution in [3.63, 3.8) is 0 Å². The maximum Gasteiger partial charge on any atom is 0.227 e. The monoisotopic (exact) mass is 318 g/mol. The van der Waals surface area contributed by atoms with E-state index >= 15 is 0 Å². The second kappa shape index (κ2) is 6.85. The summed E-state index contributed by atoms with van der Waals surface area (Å²) in [5, 5.41) is 7.02. The van der Waals surface area contributed by atoms with E-state index in [2.05, 4.69) is 15.3 Å². The molecule has 3 rings (SSSR count). The van der Waals surface area contributed by atoms with Crippen LogP contribution >= 0.6 is 11.3 Å². The Balaban J connectivity index is 1.70. The molecule has 1 fully saturated rings. The molecular formula is C15H18N4O2S. The van der Waals surface area contributed by atoms with Crippen LogP contribution in [-0.4, -0.2) is 47.5 Å². The second-order valence-electron chi connectivity index (χ2n) is 5.05. The summed E-state index contributed by atoms with van der Waals surface area (Å²) in [4.78, 5) is 22.9. The van der Waals surface area contributed by atoms with E-state index in [9.17, 15) is 4.79 Å². The Hall–Kier alpha value is -1.99. The Bertz CT molecular complexity index is 632. The molecule has 1 aliphatic heterocycles. The highest BCUT2D eigenvalue weighted by Crippen LogP contribution is 2.25. The summed E-state index contributed by atoms with van der Waals surface area (Å²) in [7, 11) is 1.80. The van der Waals surface area contributed by atoms with Crippen LogP contribution in [0.5, 0.6) is 0 Å². The van der Waals surface area contributed by atoms with Gasteiger partial charge in [0.25, 0.3) is 0 Å². The first-order chi connectivity index (χ1) is 10.8. The maximum absolute atomic E-state index is 12.4. The zero-order valence-corrected chi connectivity index (χ0v) is 13.2. The molecule has 2 aromatic heterocycles. The minimum atomic E-state index is -0.240. The predicted octanol–water partition coefficient (Wildman–Crippen LogP) is 1.72. The van der Waals surface area contributed by atoms with Crippen LogP contribution in [0, 0.1) is 0 Å². The number of hydrogen-bond acceptors (Lipinski definition) is 6. The molecule has 0 spiro atoms. The lowest BCUT2D eigenvalue weighted by Gasteiger charge is -2.33. The van der Waals surface area contributed by atoms with Gasteiger partial charge in [0.05, 0.1) is 19.6 Å². The summed E-state index contributed by atoms with van der Waals surface area (Å²) in [5.41, 5.74) is 1.81. The SMILES string of the molecule is CNc1nccnc1[C@@H]1CN(C(=O)Cc2ccsc2)CCO1. The average Bonchev–Trinajstić information content (AvgIpc) is 3.08. The van der Waals surface area contributed by atoms with Crippen molar-refractivity contribution in [2.75, 3.05) is 32.1 Å². The van der Waals surface area contributed by atoms with Crippen LogP contribution in [0.25, 0.3) is 0 Å². The van der Waals surface area contributed by atoms with Crippen LogP contribution in [0.3, 0.4) is 0 Å². The summed E-state index contributed by atoms with van der Waals surface area (Å²) in [6.45, 7) is 1.64. The van der Waals surface area contributed by atoms with Gasteiger partial charge in [-0.3, -0.25) is 9.78 Å². The number of nitrogens with one attached hydrogen (secondary N) is 1. The highest BCUT2D eigenvalue weighted by atomic mass is 32.1. The van der Waals surface area contributed by atoms with E-state index in [1.165, 1.54) is 0 Å². The van der Waals surface area contributed by atoms with Crippen LogP contribution in [-0.2, 0) is 16.0 Å². The van der Waals surface area contributed by atoms with Gasteiger partial charge in [-0.15, -0.1) is 0 Å². The lowest BCUT2D eigenvalue weighted by Crippen LogP contribution is -2.43. The highest BCUT2D eigenvalue weighted by molar-refractivity contribution is 7.07. The molecule has 1 saturated heterocycles. The van der Waals surface area contributed by atoms with Crippen molar-refractivity contribution in [3.8, 4) is 0 Å². The highest BCUT2D eigenvalue weighted by Gasteiger charge is 2.28. The van der Waals surface area contributed by atoms with Gasteiger partial charge >= 0.3 is 0 Å². The van der Waals surface area contributed by atoms with Crippen molar-refractivity contribution in [3.05, 3.63) is 40.5 Å². The largest absolute Gasteiger partial charge is 0.372 e. The molecule has 0 aliphatic carbocycles. The Morgan fingerprint density at radius 1 is 1.50 bits per heavy atom. The van der Waals surface area contributed by atoms with E-state index in [0.29, 0.717) is 31.9 Å². The molecule has 7 heteroatoms. The predicted molar refractivity (Wildman–Crippen MR) is 84.9 cm³/mol. The fraction of sp³-hybridized carbons (Fsp3) is 0.400. The molecule has 0 unspecified atom stereocenters. The number of hydrogen-bond donors (Lipinski definition) is 1. The summed E-state index contributed by atoms with van der Waals surface area (Å²) in [5.74, 6) is 0.821. The first-order valence-electron chi connectivity index (χ1n) is 7.17. The summed E-state index contributed by atoms with van der Waals surface area (Å²) in [6.07, 6.45) is 3.48. The minimum Gasteiger partial charge on any atom is -0.372 e. The number of carbonyl (C=O) groups excluding carboxylic acids is 1. The number of morpholine rings is 1. The Kier molecular flexibility index (Phi) is 4.65. The van der Waals surface area contributed by atoms with Crippen molar-refractivity contribution in [1.29, 1.82) is 0 Å². The van der Waals surface area contributed by atoms with Crippen LogP contribution in [0.1, 0.15) is 17.4 Å². The third kappa shape index (κ3) is 3.26. The summed E-state index contributed by atoms with van der Waals surface area (Å²) in [6, 6.07) is 1.99. The van der Waals surface area contributed by atoms with E-state index in [1.54, 1.807) is 30.8 Å². The Labute approximate surface area is 133 Å². The maximum atomic E-state index is 12.4. The third-order valence-corrected chi connectivity index (χ3v) is 4.35. The topological polar surface area (TPSA) is 67.4 Å². The molecule has 0 saturated carbocycles. The van der Waals surface area contributed by atoms with Gasteiger partial charge in [0.15, 0.2) is 0 Å². The van der Waals surface area contributed by atoms with Crippen LogP contribution in [0.4, 0.5) is 5.82 Å². The molecule has 1 atom stereocenters. The van der Waals surface area contributed by atoms with E-state index in [0.717, 1.165) is 11.3 Å². The molecule has 1 amide bonds. The second-order valence-corrected chi connectivity index (χ2v) is 5.83. The number of thiophene rings is 1.